The number of aromatic nitrogens is 3. The van der Waals surface area contributed by atoms with Crippen LogP contribution in [0.3, 0.4) is 0 Å². The molecule has 0 saturated carbocycles. The van der Waals surface area contributed by atoms with Gasteiger partial charge in [-0.05, 0) is 17.7 Å². The highest BCUT2D eigenvalue weighted by atomic mass is 16.3. The van der Waals surface area contributed by atoms with Crippen molar-refractivity contribution in [2.75, 3.05) is 6.61 Å². The van der Waals surface area contributed by atoms with Gasteiger partial charge in [0.05, 0.1) is 12.3 Å². The first-order valence-corrected chi connectivity index (χ1v) is 5.20. The minimum atomic E-state index is -0.239. The van der Waals surface area contributed by atoms with Crippen LogP contribution in [0.4, 0.5) is 0 Å². The fourth-order valence-corrected chi connectivity index (χ4v) is 1.50. The van der Waals surface area contributed by atoms with Crippen molar-refractivity contribution < 1.29 is 5.11 Å². The van der Waals surface area contributed by atoms with E-state index in [1.807, 2.05) is 38.1 Å². The predicted octanol–water partition coefficient (Wildman–Crippen LogP) is 1.54. The third kappa shape index (κ3) is 1.97. The lowest BCUT2D eigenvalue weighted by Gasteiger charge is -2.22. The lowest BCUT2D eigenvalue weighted by Crippen LogP contribution is -2.22. The SMILES string of the molecule is CC(C)(CO)c1cccc(-n2cncn2)c1. The summed E-state index contributed by atoms with van der Waals surface area (Å²) in [6.45, 7) is 4.13. The summed E-state index contributed by atoms with van der Waals surface area (Å²) in [5.41, 5.74) is 1.80. The summed E-state index contributed by atoms with van der Waals surface area (Å²) in [6, 6.07) is 7.96. The standard InChI is InChI=1S/C12H15N3O/c1-12(2,7-16)10-4-3-5-11(6-10)15-9-13-8-14-15/h3-6,8-9,16H,7H2,1-2H3. The Bertz CT molecular complexity index is 463. The number of hydrogen-bond donors (Lipinski definition) is 1. The van der Waals surface area contributed by atoms with E-state index in [1.165, 1.54) is 6.33 Å². The summed E-state index contributed by atoms with van der Waals surface area (Å²) in [5.74, 6) is 0. The number of benzene rings is 1. The molecule has 1 heterocycles. The summed E-state index contributed by atoms with van der Waals surface area (Å²) in [4.78, 5) is 3.91. The van der Waals surface area contributed by atoms with Crippen LogP contribution in [0.1, 0.15) is 19.4 Å². The highest BCUT2D eigenvalue weighted by molar-refractivity contribution is 5.37. The molecule has 0 unspecified atom stereocenters. The largest absolute Gasteiger partial charge is 0.395 e. The highest BCUT2D eigenvalue weighted by Gasteiger charge is 2.19. The average Bonchev–Trinajstić information content (AvgIpc) is 2.83. The Morgan fingerprint density at radius 2 is 2.19 bits per heavy atom. The van der Waals surface area contributed by atoms with Gasteiger partial charge >= 0.3 is 0 Å². The van der Waals surface area contributed by atoms with Gasteiger partial charge < -0.3 is 5.11 Å². The van der Waals surface area contributed by atoms with E-state index >= 15 is 0 Å². The van der Waals surface area contributed by atoms with E-state index in [0.29, 0.717) is 0 Å². The van der Waals surface area contributed by atoms with Gasteiger partial charge in [-0.1, -0.05) is 26.0 Å². The lowest BCUT2D eigenvalue weighted by atomic mass is 9.85. The first-order chi connectivity index (χ1) is 7.63. The van der Waals surface area contributed by atoms with E-state index in [-0.39, 0.29) is 12.0 Å². The summed E-state index contributed by atoms with van der Waals surface area (Å²) in [5, 5.41) is 13.4. The minimum Gasteiger partial charge on any atom is -0.395 e. The van der Waals surface area contributed by atoms with Crippen molar-refractivity contribution in [3.8, 4) is 5.69 Å². The Morgan fingerprint density at radius 3 is 2.81 bits per heavy atom. The van der Waals surface area contributed by atoms with Gasteiger partial charge in [0.1, 0.15) is 12.7 Å². The van der Waals surface area contributed by atoms with Crippen molar-refractivity contribution in [3.63, 3.8) is 0 Å². The van der Waals surface area contributed by atoms with Crippen LogP contribution in [-0.2, 0) is 5.41 Å². The van der Waals surface area contributed by atoms with E-state index in [0.717, 1.165) is 11.3 Å². The van der Waals surface area contributed by atoms with Crippen LogP contribution in [0.5, 0.6) is 0 Å². The smallest absolute Gasteiger partial charge is 0.138 e. The first-order valence-electron chi connectivity index (χ1n) is 5.20. The fourth-order valence-electron chi connectivity index (χ4n) is 1.50. The van der Waals surface area contributed by atoms with E-state index in [4.69, 9.17) is 0 Å². The van der Waals surface area contributed by atoms with Crippen LogP contribution in [0.15, 0.2) is 36.9 Å². The molecule has 4 nitrogen and oxygen atoms in total. The molecule has 0 aliphatic heterocycles. The van der Waals surface area contributed by atoms with Crippen LogP contribution in [0, 0.1) is 0 Å². The second-order valence-corrected chi connectivity index (χ2v) is 4.43. The van der Waals surface area contributed by atoms with Crippen molar-refractivity contribution >= 4 is 0 Å². The summed E-state index contributed by atoms with van der Waals surface area (Å²) >= 11 is 0. The van der Waals surface area contributed by atoms with E-state index in [1.54, 1.807) is 11.0 Å². The van der Waals surface area contributed by atoms with Gasteiger partial charge in [-0.15, -0.1) is 0 Å². The molecule has 0 amide bonds. The molecule has 0 spiro atoms. The van der Waals surface area contributed by atoms with Gasteiger partial charge in [0.25, 0.3) is 0 Å². The maximum Gasteiger partial charge on any atom is 0.138 e. The minimum absolute atomic E-state index is 0.119. The zero-order valence-electron chi connectivity index (χ0n) is 9.46. The van der Waals surface area contributed by atoms with Crippen molar-refractivity contribution in [1.82, 2.24) is 14.8 Å². The van der Waals surface area contributed by atoms with Gasteiger partial charge in [-0.25, -0.2) is 9.67 Å². The van der Waals surface area contributed by atoms with Crippen molar-refractivity contribution in [2.45, 2.75) is 19.3 Å². The fraction of sp³-hybridized carbons (Fsp3) is 0.333. The normalized spacial score (nSPS) is 11.7. The summed E-state index contributed by atoms with van der Waals surface area (Å²) in [6.07, 6.45) is 3.16. The molecule has 0 atom stereocenters. The van der Waals surface area contributed by atoms with E-state index in [2.05, 4.69) is 10.1 Å². The molecule has 4 heteroatoms. The van der Waals surface area contributed by atoms with E-state index < -0.39 is 0 Å². The number of hydrogen-bond acceptors (Lipinski definition) is 3. The predicted molar refractivity (Wildman–Crippen MR) is 61.5 cm³/mol. The molecule has 1 aromatic carbocycles. The maximum absolute atomic E-state index is 9.33. The number of nitrogens with zero attached hydrogens (tertiary/aromatic N) is 3. The average molecular weight is 217 g/mol. The molecule has 0 radical (unpaired) electrons. The quantitative estimate of drug-likeness (QED) is 0.848. The van der Waals surface area contributed by atoms with Gasteiger partial charge in [0, 0.05) is 5.41 Å². The van der Waals surface area contributed by atoms with Crippen molar-refractivity contribution in [3.05, 3.63) is 42.5 Å². The second kappa shape index (κ2) is 4.06. The summed E-state index contributed by atoms with van der Waals surface area (Å²) < 4.78 is 1.71. The summed E-state index contributed by atoms with van der Waals surface area (Å²) in [7, 11) is 0. The molecular weight excluding hydrogens is 202 g/mol. The molecule has 1 aromatic heterocycles. The molecule has 2 aromatic rings. The third-order valence-electron chi connectivity index (χ3n) is 2.71. The van der Waals surface area contributed by atoms with Crippen LogP contribution in [0.2, 0.25) is 0 Å². The monoisotopic (exact) mass is 217 g/mol. The molecule has 84 valence electrons. The Hall–Kier alpha value is -1.68. The van der Waals surface area contributed by atoms with Crippen LogP contribution in [-0.4, -0.2) is 26.5 Å². The van der Waals surface area contributed by atoms with E-state index in [9.17, 15) is 5.11 Å². The number of aliphatic hydroxyl groups is 1. The van der Waals surface area contributed by atoms with Crippen LogP contribution in [0.25, 0.3) is 5.69 Å². The molecule has 0 bridgehead atoms. The number of rotatable bonds is 3. The van der Waals surface area contributed by atoms with Crippen LogP contribution < -0.4 is 0 Å². The molecule has 16 heavy (non-hydrogen) atoms. The topological polar surface area (TPSA) is 50.9 Å². The Balaban J connectivity index is 2.41. The molecule has 0 fully saturated rings. The van der Waals surface area contributed by atoms with Crippen molar-refractivity contribution in [2.24, 2.45) is 0 Å². The molecular formula is C12H15N3O. The Morgan fingerprint density at radius 1 is 1.38 bits per heavy atom. The van der Waals surface area contributed by atoms with Gasteiger partial charge in [-0.2, -0.15) is 5.10 Å². The van der Waals surface area contributed by atoms with Gasteiger partial charge in [-0.3, -0.25) is 0 Å². The first kappa shape index (κ1) is 10.8. The molecule has 0 saturated heterocycles. The molecule has 2 rings (SSSR count). The maximum atomic E-state index is 9.33. The highest BCUT2D eigenvalue weighted by Crippen LogP contribution is 2.23. The van der Waals surface area contributed by atoms with Gasteiger partial charge in [0.2, 0.25) is 0 Å². The Labute approximate surface area is 94.6 Å². The number of aliphatic hydroxyl groups excluding tert-OH is 1. The third-order valence-corrected chi connectivity index (χ3v) is 2.71. The molecule has 0 aliphatic rings. The zero-order chi connectivity index (χ0) is 11.6. The molecule has 1 N–H and O–H groups in total. The van der Waals surface area contributed by atoms with Crippen molar-refractivity contribution in [1.29, 1.82) is 0 Å². The Kier molecular flexibility index (Phi) is 2.75. The molecule has 0 aliphatic carbocycles. The van der Waals surface area contributed by atoms with Crippen LogP contribution >= 0.6 is 0 Å². The zero-order valence-corrected chi connectivity index (χ0v) is 9.46. The second-order valence-electron chi connectivity index (χ2n) is 4.43. The van der Waals surface area contributed by atoms with Gasteiger partial charge in [0.15, 0.2) is 0 Å². The lowest BCUT2D eigenvalue weighted by molar-refractivity contribution is 0.218.